The molecule has 2 heterocycles. The molecule has 2 heteroatoms. The van der Waals surface area contributed by atoms with Gasteiger partial charge in [-0.05, 0) is 30.2 Å². The highest BCUT2D eigenvalue weighted by Gasteiger charge is 2.14. The zero-order chi connectivity index (χ0) is 16.3. The molecular weight excluding hydrogens is 310 g/mol. The van der Waals surface area contributed by atoms with E-state index in [9.17, 15) is 0 Å². The zero-order valence-electron chi connectivity index (χ0n) is 14.0. The van der Waals surface area contributed by atoms with E-state index >= 15 is 0 Å². The second-order valence-corrected chi connectivity index (χ2v) is 7.67. The average molecular weight is 329 g/mol. The fraction of sp³-hybridized carbons (Fsp3) is 0.182. The minimum Gasteiger partial charge on any atom is -0.343 e. The lowest BCUT2D eigenvalue weighted by Gasteiger charge is -2.04. The molecule has 0 N–H and O–H groups in total. The molecular formula is C22H19NS. The first-order chi connectivity index (χ1) is 11.8. The van der Waals surface area contributed by atoms with Gasteiger partial charge < -0.3 is 4.57 Å². The van der Waals surface area contributed by atoms with Crippen molar-refractivity contribution in [2.45, 2.75) is 19.8 Å². The van der Waals surface area contributed by atoms with E-state index in [4.69, 9.17) is 0 Å². The van der Waals surface area contributed by atoms with Gasteiger partial charge in [-0.2, -0.15) is 0 Å². The number of aromatic nitrogens is 1. The maximum atomic E-state index is 2.40. The molecule has 0 amide bonds. The van der Waals surface area contributed by atoms with Crippen LogP contribution in [0.4, 0.5) is 0 Å². The van der Waals surface area contributed by atoms with Gasteiger partial charge in [0.15, 0.2) is 0 Å². The van der Waals surface area contributed by atoms with Crippen LogP contribution >= 0.6 is 11.3 Å². The largest absolute Gasteiger partial charge is 0.343 e. The summed E-state index contributed by atoms with van der Waals surface area (Å²) in [6, 6.07) is 20.3. The predicted molar refractivity (Wildman–Crippen MR) is 107 cm³/mol. The minimum absolute atomic E-state index is 1.14. The van der Waals surface area contributed by atoms with Crippen LogP contribution in [0.25, 0.3) is 42.0 Å². The summed E-state index contributed by atoms with van der Waals surface area (Å²) in [6.07, 6.45) is 2.32. The Hall–Kier alpha value is -2.32. The Balaban J connectivity index is 1.97. The van der Waals surface area contributed by atoms with Crippen LogP contribution in [0.5, 0.6) is 0 Å². The molecule has 118 valence electrons. The Labute approximate surface area is 145 Å². The van der Waals surface area contributed by atoms with E-state index in [1.807, 2.05) is 11.3 Å². The number of hydrogen-bond acceptors (Lipinski definition) is 1. The van der Waals surface area contributed by atoms with E-state index in [0.717, 1.165) is 6.42 Å². The molecule has 0 fully saturated rings. The molecule has 0 unspecified atom stereocenters. The fourth-order valence-electron chi connectivity index (χ4n) is 4.05. The molecule has 1 nitrogen and oxygen atoms in total. The molecule has 2 aromatic heterocycles. The molecule has 0 atom stereocenters. The Morgan fingerprint density at radius 1 is 0.833 bits per heavy atom. The quantitative estimate of drug-likeness (QED) is 0.341. The highest BCUT2D eigenvalue weighted by atomic mass is 32.1. The van der Waals surface area contributed by atoms with Crippen LogP contribution in [0.2, 0.25) is 0 Å². The van der Waals surface area contributed by atoms with Crippen LogP contribution in [0, 0.1) is 0 Å². The predicted octanol–water partition coefficient (Wildman–Crippen LogP) is 6.65. The van der Waals surface area contributed by atoms with Gasteiger partial charge in [-0.25, -0.2) is 0 Å². The molecule has 0 aliphatic heterocycles. The zero-order valence-corrected chi connectivity index (χ0v) is 14.8. The van der Waals surface area contributed by atoms with Gasteiger partial charge in [0.05, 0.1) is 11.0 Å². The topological polar surface area (TPSA) is 4.93 Å². The first kappa shape index (κ1) is 14.1. The van der Waals surface area contributed by atoms with E-state index in [-0.39, 0.29) is 0 Å². The molecule has 0 radical (unpaired) electrons. The van der Waals surface area contributed by atoms with Gasteiger partial charge in [0.25, 0.3) is 0 Å². The Bertz CT molecular complexity index is 1220. The summed E-state index contributed by atoms with van der Waals surface area (Å²) >= 11 is 1.90. The Morgan fingerprint density at radius 2 is 1.67 bits per heavy atom. The van der Waals surface area contributed by atoms with Crippen molar-refractivity contribution in [3.05, 3.63) is 60.2 Å². The van der Waals surface area contributed by atoms with E-state index in [2.05, 4.69) is 73.1 Å². The standard InChI is InChI=1S/C22H19NS/c1-3-7-14-8-6-10-16-17-12-18-15-9-4-5-11-20(15)24-21(18)13-19(17)23(2)22(14)16/h4-6,8-13H,3,7H2,1-2H3. The molecule has 0 aliphatic carbocycles. The normalized spacial score (nSPS) is 12.1. The maximum absolute atomic E-state index is 2.40. The van der Waals surface area contributed by atoms with Crippen molar-refractivity contribution >= 4 is 53.3 Å². The van der Waals surface area contributed by atoms with Gasteiger partial charge in [-0.1, -0.05) is 49.7 Å². The second kappa shape index (κ2) is 5.09. The SMILES string of the molecule is CCCc1cccc2c3cc4c(cc3n(C)c12)sc1ccccc14. The van der Waals surface area contributed by atoms with Crippen LogP contribution in [0.3, 0.4) is 0 Å². The third-order valence-corrected chi connectivity index (χ3v) is 6.25. The van der Waals surface area contributed by atoms with Crippen molar-refractivity contribution < 1.29 is 0 Å². The van der Waals surface area contributed by atoms with Gasteiger partial charge in [-0.3, -0.25) is 0 Å². The van der Waals surface area contributed by atoms with Crippen molar-refractivity contribution in [1.82, 2.24) is 4.57 Å². The molecule has 5 aromatic rings. The first-order valence-corrected chi connectivity index (χ1v) is 9.41. The van der Waals surface area contributed by atoms with Gasteiger partial charge in [-0.15, -0.1) is 11.3 Å². The highest BCUT2D eigenvalue weighted by molar-refractivity contribution is 7.25. The second-order valence-electron chi connectivity index (χ2n) is 6.59. The van der Waals surface area contributed by atoms with Gasteiger partial charge >= 0.3 is 0 Å². The summed E-state index contributed by atoms with van der Waals surface area (Å²) in [4.78, 5) is 0. The number of benzene rings is 3. The third-order valence-electron chi connectivity index (χ3n) is 5.12. The molecule has 0 saturated heterocycles. The summed E-state index contributed by atoms with van der Waals surface area (Å²) < 4.78 is 5.14. The minimum atomic E-state index is 1.14. The number of thiophene rings is 1. The molecule has 0 spiro atoms. The van der Waals surface area contributed by atoms with Gasteiger partial charge in [0.2, 0.25) is 0 Å². The van der Waals surface area contributed by atoms with Crippen LogP contribution < -0.4 is 0 Å². The summed E-state index contributed by atoms with van der Waals surface area (Å²) in [5.41, 5.74) is 4.20. The van der Waals surface area contributed by atoms with Crippen molar-refractivity contribution in [2.75, 3.05) is 0 Å². The highest BCUT2D eigenvalue weighted by Crippen LogP contribution is 2.39. The monoisotopic (exact) mass is 329 g/mol. The van der Waals surface area contributed by atoms with Crippen molar-refractivity contribution in [3.63, 3.8) is 0 Å². The fourth-order valence-corrected chi connectivity index (χ4v) is 5.17. The Morgan fingerprint density at radius 3 is 2.54 bits per heavy atom. The molecule has 0 bridgehead atoms. The van der Waals surface area contributed by atoms with Crippen molar-refractivity contribution in [1.29, 1.82) is 0 Å². The lowest BCUT2D eigenvalue weighted by atomic mass is 10.0. The van der Waals surface area contributed by atoms with Crippen LogP contribution in [0.15, 0.2) is 54.6 Å². The summed E-state index contributed by atoms with van der Waals surface area (Å²) in [7, 11) is 2.21. The molecule has 3 aromatic carbocycles. The number of hydrogen-bond donors (Lipinski definition) is 0. The van der Waals surface area contributed by atoms with Crippen LogP contribution in [-0.4, -0.2) is 4.57 Å². The molecule has 0 saturated carbocycles. The summed E-state index contributed by atoms with van der Waals surface area (Å²) in [6.45, 7) is 2.25. The maximum Gasteiger partial charge on any atom is 0.0521 e. The van der Waals surface area contributed by atoms with Crippen molar-refractivity contribution in [2.24, 2.45) is 7.05 Å². The smallest absolute Gasteiger partial charge is 0.0521 e. The number of fused-ring (bicyclic) bond motifs is 6. The van der Waals surface area contributed by atoms with E-state index in [1.165, 1.54) is 54.0 Å². The van der Waals surface area contributed by atoms with Gasteiger partial charge in [0, 0.05) is 38.0 Å². The van der Waals surface area contributed by atoms with Crippen LogP contribution in [0.1, 0.15) is 18.9 Å². The van der Waals surface area contributed by atoms with E-state index < -0.39 is 0 Å². The number of rotatable bonds is 2. The third kappa shape index (κ3) is 1.81. The van der Waals surface area contributed by atoms with Gasteiger partial charge in [0.1, 0.15) is 0 Å². The molecule has 0 aliphatic rings. The lowest BCUT2D eigenvalue weighted by molar-refractivity contribution is 0.912. The number of nitrogens with zero attached hydrogens (tertiary/aromatic N) is 1. The van der Waals surface area contributed by atoms with Crippen LogP contribution in [-0.2, 0) is 13.5 Å². The first-order valence-electron chi connectivity index (χ1n) is 8.59. The summed E-state index contributed by atoms with van der Waals surface area (Å²) in [5, 5.41) is 5.52. The Kier molecular flexibility index (Phi) is 2.98. The number of aryl methyl sites for hydroxylation is 2. The van der Waals surface area contributed by atoms with E-state index in [0.29, 0.717) is 0 Å². The lowest BCUT2D eigenvalue weighted by Crippen LogP contribution is -1.92. The number of para-hydroxylation sites is 1. The molecule has 5 rings (SSSR count). The van der Waals surface area contributed by atoms with Crippen molar-refractivity contribution in [3.8, 4) is 0 Å². The molecule has 24 heavy (non-hydrogen) atoms. The van der Waals surface area contributed by atoms with E-state index in [1.54, 1.807) is 0 Å². The average Bonchev–Trinajstić information content (AvgIpc) is 3.10. The summed E-state index contributed by atoms with van der Waals surface area (Å²) in [5.74, 6) is 0.